The largest absolute Gasteiger partial charge is 0.416 e. The lowest BCUT2D eigenvalue weighted by Gasteiger charge is -2.29. The molecule has 6 nitrogen and oxygen atoms in total. The van der Waals surface area contributed by atoms with Gasteiger partial charge >= 0.3 is 6.18 Å². The molecule has 2 aromatic carbocycles. The second-order valence-electron chi connectivity index (χ2n) is 7.33. The molecule has 0 saturated heterocycles. The smallest absolute Gasteiger partial charge is 0.312 e. The molecule has 4 rings (SSSR count). The summed E-state index contributed by atoms with van der Waals surface area (Å²) in [5.41, 5.74) is 1.01. The summed E-state index contributed by atoms with van der Waals surface area (Å²) in [6, 6.07) is 9.31. The van der Waals surface area contributed by atoms with Gasteiger partial charge in [0.1, 0.15) is 10.6 Å². The highest BCUT2D eigenvalue weighted by atomic mass is 32.2. The van der Waals surface area contributed by atoms with Gasteiger partial charge in [0.2, 0.25) is 5.91 Å². The fourth-order valence-corrected chi connectivity index (χ4v) is 5.88. The van der Waals surface area contributed by atoms with Gasteiger partial charge in [-0.1, -0.05) is 12.1 Å². The van der Waals surface area contributed by atoms with Crippen molar-refractivity contribution < 1.29 is 26.4 Å². The van der Waals surface area contributed by atoms with Crippen LogP contribution in [-0.4, -0.2) is 25.2 Å². The van der Waals surface area contributed by atoms with Gasteiger partial charge in [0.25, 0.3) is 10.0 Å². The molecule has 168 valence electrons. The van der Waals surface area contributed by atoms with Crippen molar-refractivity contribution in [1.82, 2.24) is 4.37 Å². The maximum atomic E-state index is 13.1. The molecule has 0 fully saturated rings. The second-order valence-corrected chi connectivity index (χ2v) is 9.61. The Balaban J connectivity index is 1.66. The number of carbonyl (C=O) groups is 1. The predicted molar refractivity (Wildman–Crippen MR) is 116 cm³/mol. The maximum absolute atomic E-state index is 13.1. The minimum Gasteiger partial charge on any atom is -0.312 e. The Hall–Kier alpha value is -2.92. The van der Waals surface area contributed by atoms with Gasteiger partial charge in [0.05, 0.1) is 5.56 Å². The van der Waals surface area contributed by atoms with E-state index in [1.807, 2.05) is 0 Å². The van der Waals surface area contributed by atoms with Crippen molar-refractivity contribution in [3.8, 4) is 11.3 Å². The van der Waals surface area contributed by atoms with E-state index in [4.69, 9.17) is 0 Å². The first-order valence-electron chi connectivity index (χ1n) is 9.62. The zero-order chi connectivity index (χ0) is 23.1. The minimum atomic E-state index is -4.56. The number of benzene rings is 2. The third kappa shape index (κ3) is 4.35. The van der Waals surface area contributed by atoms with Crippen molar-refractivity contribution in [3.05, 3.63) is 59.0 Å². The van der Waals surface area contributed by atoms with Crippen LogP contribution in [0.1, 0.15) is 24.5 Å². The number of aryl methyl sites for hydroxylation is 1. The summed E-state index contributed by atoms with van der Waals surface area (Å²) in [7, 11) is -4.12. The van der Waals surface area contributed by atoms with Crippen molar-refractivity contribution in [2.45, 2.75) is 30.8 Å². The van der Waals surface area contributed by atoms with Crippen LogP contribution in [0.3, 0.4) is 0 Å². The third-order valence-electron chi connectivity index (χ3n) is 5.12. The zero-order valence-corrected chi connectivity index (χ0v) is 18.4. The van der Waals surface area contributed by atoms with E-state index in [-0.39, 0.29) is 22.1 Å². The number of halogens is 3. The van der Waals surface area contributed by atoms with Gasteiger partial charge in [-0.15, -0.1) is 0 Å². The Bertz CT molecular complexity index is 1290. The molecular weight excluding hydrogens is 463 g/mol. The molecule has 0 bridgehead atoms. The average Bonchev–Trinajstić information content (AvgIpc) is 3.23. The molecule has 0 unspecified atom stereocenters. The van der Waals surface area contributed by atoms with E-state index in [0.29, 0.717) is 18.7 Å². The first-order chi connectivity index (χ1) is 15.1. The summed E-state index contributed by atoms with van der Waals surface area (Å²) in [6.45, 7) is 2.08. The molecule has 1 aromatic heterocycles. The molecule has 0 aliphatic carbocycles. The van der Waals surface area contributed by atoms with Crippen molar-refractivity contribution in [3.63, 3.8) is 0 Å². The van der Waals surface area contributed by atoms with Crippen LogP contribution >= 0.6 is 11.5 Å². The summed E-state index contributed by atoms with van der Waals surface area (Å²) < 4.78 is 71.8. The lowest BCUT2D eigenvalue weighted by molar-refractivity contribution is -0.137. The SMILES string of the molecule is CC(=O)N1CCCc2cc(NS(=O)(=O)c3csnc3-c3cccc(C(F)(F)F)c3)ccc21. The maximum Gasteiger partial charge on any atom is 0.416 e. The normalized spacial score (nSPS) is 14.2. The molecular formula is C21H18F3N3O3S2. The highest BCUT2D eigenvalue weighted by molar-refractivity contribution is 7.93. The van der Waals surface area contributed by atoms with Gasteiger partial charge in [-0.3, -0.25) is 9.52 Å². The number of hydrogen-bond acceptors (Lipinski definition) is 5. The minimum absolute atomic E-state index is 0.0469. The Labute approximate surface area is 186 Å². The molecule has 32 heavy (non-hydrogen) atoms. The highest BCUT2D eigenvalue weighted by Gasteiger charge is 2.31. The van der Waals surface area contributed by atoms with Crippen molar-refractivity contribution >= 4 is 38.8 Å². The van der Waals surface area contributed by atoms with Crippen LogP contribution in [0.25, 0.3) is 11.3 Å². The molecule has 0 atom stereocenters. The highest BCUT2D eigenvalue weighted by Crippen LogP contribution is 2.35. The number of hydrogen-bond donors (Lipinski definition) is 1. The van der Waals surface area contributed by atoms with Crippen LogP contribution in [0, 0.1) is 0 Å². The monoisotopic (exact) mass is 481 g/mol. The molecule has 0 saturated carbocycles. The molecule has 11 heteroatoms. The van der Waals surface area contributed by atoms with E-state index in [1.165, 1.54) is 24.4 Å². The van der Waals surface area contributed by atoms with E-state index in [1.54, 1.807) is 23.1 Å². The van der Waals surface area contributed by atoms with E-state index >= 15 is 0 Å². The van der Waals surface area contributed by atoms with Gasteiger partial charge in [-0.25, -0.2) is 8.42 Å². The number of fused-ring (bicyclic) bond motifs is 1. The van der Waals surface area contributed by atoms with Gasteiger partial charge in [-0.05, 0) is 60.3 Å². The average molecular weight is 482 g/mol. The van der Waals surface area contributed by atoms with Crippen molar-refractivity contribution in [2.24, 2.45) is 0 Å². The summed E-state index contributed by atoms with van der Waals surface area (Å²) >= 11 is 0.844. The summed E-state index contributed by atoms with van der Waals surface area (Å²) in [6.07, 6.45) is -3.10. The molecule has 1 aliphatic rings. The fourth-order valence-electron chi connectivity index (χ4n) is 3.65. The number of alkyl halides is 3. The van der Waals surface area contributed by atoms with Crippen LogP contribution < -0.4 is 9.62 Å². The number of amides is 1. The lowest BCUT2D eigenvalue weighted by Crippen LogP contribution is -2.33. The van der Waals surface area contributed by atoms with Gasteiger partial charge < -0.3 is 4.90 Å². The van der Waals surface area contributed by atoms with E-state index in [2.05, 4.69) is 9.10 Å². The molecule has 0 radical (unpaired) electrons. The summed E-state index contributed by atoms with van der Waals surface area (Å²) in [5.74, 6) is -0.0886. The van der Waals surface area contributed by atoms with E-state index < -0.39 is 21.8 Å². The van der Waals surface area contributed by atoms with Crippen molar-refractivity contribution in [2.75, 3.05) is 16.2 Å². The Kier molecular flexibility index (Phi) is 5.72. The Morgan fingerprint density at radius 2 is 1.97 bits per heavy atom. The molecule has 1 N–H and O–H groups in total. The van der Waals surface area contributed by atoms with Gasteiger partial charge in [-0.2, -0.15) is 17.5 Å². The van der Waals surface area contributed by atoms with Crippen LogP contribution in [0.5, 0.6) is 0 Å². The van der Waals surface area contributed by atoms with Crippen LogP contribution in [-0.2, 0) is 27.4 Å². The number of sulfonamides is 1. The number of nitrogens with one attached hydrogen (secondary N) is 1. The number of aromatic nitrogens is 1. The van der Waals surface area contributed by atoms with Gasteiger partial charge in [0, 0.05) is 35.8 Å². The Morgan fingerprint density at radius 3 is 2.69 bits per heavy atom. The fraction of sp³-hybridized carbons (Fsp3) is 0.238. The van der Waals surface area contributed by atoms with E-state index in [9.17, 15) is 26.4 Å². The van der Waals surface area contributed by atoms with Crippen LogP contribution in [0.15, 0.2) is 52.7 Å². The molecule has 3 aromatic rings. The predicted octanol–water partition coefficient (Wildman–Crippen LogP) is 4.93. The topological polar surface area (TPSA) is 79.4 Å². The standard InChI is InChI=1S/C21H18F3N3O3S2/c1-13(28)27-9-3-5-14-11-17(7-8-18(14)27)26-32(29,30)19-12-31-25-20(19)15-4-2-6-16(10-15)21(22,23)24/h2,4,6-8,10-12,26H,3,5,9H2,1H3. The molecule has 2 heterocycles. The lowest BCUT2D eigenvalue weighted by atomic mass is 10.0. The summed E-state index contributed by atoms with van der Waals surface area (Å²) in [5, 5.41) is 1.29. The number of carbonyl (C=O) groups excluding carboxylic acids is 1. The van der Waals surface area contributed by atoms with E-state index in [0.717, 1.165) is 41.3 Å². The number of rotatable bonds is 4. The number of nitrogens with zero attached hydrogens (tertiary/aromatic N) is 2. The zero-order valence-electron chi connectivity index (χ0n) is 16.8. The Morgan fingerprint density at radius 1 is 1.19 bits per heavy atom. The molecule has 1 aliphatic heterocycles. The summed E-state index contributed by atoms with van der Waals surface area (Å²) in [4.78, 5) is 13.3. The second kappa shape index (κ2) is 8.21. The number of anilines is 2. The first-order valence-corrected chi connectivity index (χ1v) is 11.9. The molecule has 0 spiro atoms. The van der Waals surface area contributed by atoms with Gasteiger partial charge in [0.15, 0.2) is 0 Å². The quantitative estimate of drug-likeness (QED) is 0.573. The first kappa shape index (κ1) is 22.3. The van der Waals surface area contributed by atoms with Crippen LogP contribution in [0.4, 0.5) is 24.5 Å². The molecule has 1 amide bonds. The third-order valence-corrected chi connectivity index (χ3v) is 7.29. The van der Waals surface area contributed by atoms with Crippen LogP contribution in [0.2, 0.25) is 0 Å². The van der Waals surface area contributed by atoms with Crippen molar-refractivity contribution in [1.29, 1.82) is 0 Å².